The van der Waals surface area contributed by atoms with Crippen LogP contribution in [0.25, 0.3) is 0 Å². The van der Waals surface area contributed by atoms with Crippen molar-refractivity contribution in [2.45, 2.75) is 45.8 Å². The predicted octanol–water partition coefficient (Wildman–Crippen LogP) is 3.21. The molecule has 0 bridgehead atoms. The standard InChI is InChI=1S/C17H22N2O2/c1-4-17(5-2)18-15(19-11-10-12(3)16(19)20)13-8-6-7-9-14(13)21-17/h6-9,12H,4-5,10-11H2,1-3H3. The number of para-hydroxylation sites is 1. The van der Waals surface area contributed by atoms with Gasteiger partial charge in [-0.3, -0.25) is 9.69 Å². The number of nitrogens with zero attached hydrogens (tertiary/aromatic N) is 2. The van der Waals surface area contributed by atoms with Crippen molar-refractivity contribution in [3.05, 3.63) is 29.8 Å². The quantitative estimate of drug-likeness (QED) is 0.837. The largest absolute Gasteiger partial charge is 0.465 e. The molecule has 21 heavy (non-hydrogen) atoms. The van der Waals surface area contributed by atoms with Crippen LogP contribution in [0, 0.1) is 5.92 Å². The Balaban J connectivity index is 2.10. The molecule has 1 amide bonds. The molecule has 0 aromatic heterocycles. The van der Waals surface area contributed by atoms with E-state index in [-0.39, 0.29) is 11.8 Å². The summed E-state index contributed by atoms with van der Waals surface area (Å²) in [6, 6.07) is 7.88. The number of benzene rings is 1. The highest BCUT2D eigenvalue weighted by Gasteiger charge is 2.39. The lowest BCUT2D eigenvalue weighted by atomic mass is 10.0. The maximum Gasteiger partial charge on any atom is 0.231 e. The van der Waals surface area contributed by atoms with Crippen LogP contribution < -0.4 is 4.74 Å². The van der Waals surface area contributed by atoms with Crippen LogP contribution in [0.1, 0.15) is 45.6 Å². The number of likely N-dealkylation sites (tertiary alicyclic amines) is 1. The third-order valence-corrected chi connectivity index (χ3v) is 4.57. The Kier molecular flexibility index (Phi) is 3.47. The van der Waals surface area contributed by atoms with Crippen LogP contribution in [0.5, 0.6) is 5.75 Å². The molecule has 0 radical (unpaired) electrons. The van der Waals surface area contributed by atoms with Gasteiger partial charge in [-0.1, -0.05) is 32.9 Å². The van der Waals surface area contributed by atoms with Crippen LogP contribution >= 0.6 is 0 Å². The Bertz CT molecular complexity index is 590. The van der Waals surface area contributed by atoms with Crippen LogP contribution in [0.2, 0.25) is 0 Å². The normalized spacial score (nSPS) is 23.6. The first-order valence-electron chi connectivity index (χ1n) is 7.80. The monoisotopic (exact) mass is 286 g/mol. The molecule has 1 aromatic rings. The van der Waals surface area contributed by atoms with Gasteiger partial charge in [0.2, 0.25) is 11.6 Å². The van der Waals surface area contributed by atoms with Crippen molar-refractivity contribution in [2.75, 3.05) is 6.54 Å². The number of amides is 1. The van der Waals surface area contributed by atoms with Gasteiger partial charge < -0.3 is 4.74 Å². The lowest BCUT2D eigenvalue weighted by Gasteiger charge is -2.36. The van der Waals surface area contributed by atoms with E-state index in [0.29, 0.717) is 0 Å². The zero-order valence-corrected chi connectivity index (χ0v) is 12.9. The fourth-order valence-electron chi connectivity index (χ4n) is 3.01. The molecular weight excluding hydrogens is 264 g/mol. The number of fused-ring (bicyclic) bond motifs is 1. The highest BCUT2D eigenvalue weighted by Crippen LogP contribution is 2.36. The number of carbonyl (C=O) groups excluding carboxylic acids is 1. The zero-order valence-electron chi connectivity index (χ0n) is 12.9. The van der Waals surface area contributed by atoms with E-state index in [2.05, 4.69) is 13.8 Å². The molecule has 2 aliphatic rings. The maximum atomic E-state index is 12.4. The van der Waals surface area contributed by atoms with E-state index in [1.165, 1.54) is 0 Å². The summed E-state index contributed by atoms with van der Waals surface area (Å²) in [4.78, 5) is 19.1. The Morgan fingerprint density at radius 1 is 1.33 bits per heavy atom. The summed E-state index contributed by atoms with van der Waals surface area (Å²) >= 11 is 0. The average molecular weight is 286 g/mol. The van der Waals surface area contributed by atoms with Gasteiger partial charge in [0.15, 0.2) is 0 Å². The molecule has 112 valence electrons. The van der Waals surface area contributed by atoms with Crippen molar-refractivity contribution in [1.29, 1.82) is 0 Å². The first-order valence-corrected chi connectivity index (χ1v) is 7.80. The van der Waals surface area contributed by atoms with E-state index >= 15 is 0 Å². The minimum atomic E-state index is -0.546. The lowest BCUT2D eigenvalue weighted by Crippen LogP contribution is -2.43. The second-order valence-corrected chi connectivity index (χ2v) is 5.87. The van der Waals surface area contributed by atoms with Crippen molar-refractivity contribution in [3.63, 3.8) is 0 Å². The average Bonchev–Trinajstić information content (AvgIpc) is 2.86. The van der Waals surface area contributed by atoms with E-state index in [0.717, 1.165) is 43.0 Å². The third-order valence-electron chi connectivity index (χ3n) is 4.57. The SMILES string of the molecule is CCC1(CC)N=C(N2CCC(C)C2=O)c2ccccc2O1. The van der Waals surface area contributed by atoms with Gasteiger partial charge in [-0.05, 0) is 18.6 Å². The molecule has 4 heteroatoms. The Hall–Kier alpha value is -1.84. The van der Waals surface area contributed by atoms with Crippen molar-refractivity contribution in [1.82, 2.24) is 4.90 Å². The summed E-state index contributed by atoms with van der Waals surface area (Å²) in [5.74, 6) is 1.88. The number of rotatable bonds is 2. The minimum absolute atomic E-state index is 0.0837. The number of amidine groups is 1. The maximum absolute atomic E-state index is 12.4. The molecule has 4 nitrogen and oxygen atoms in total. The zero-order chi connectivity index (χ0) is 15.0. The molecule has 3 rings (SSSR count). The summed E-state index contributed by atoms with van der Waals surface area (Å²) in [5.41, 5.74) is 0.382. The number of aliphatic imine (C=N–C) groups is 1. The molecule has 1 aromatic carbocycles. The molecule has 1 atom stereocenters. The molecule has 1 unspecified atom stereocenters. The summed E-state index contributed by atoms with van der Waals surface area (Å²) in [7, 11) is 0. The van der Waals surface area contributed by atoms with Crippen molar-refractivity contribution >= 4 is 11.7 Å². The van der Waals surface area contributed by atoms with E-state index in [4.69, 9.17) is 9.73 Å². The number of hydrogen-bond acceptors (Lipinski definition) is 3. The lowest BCUT2D eigenvalue weighted by molar-refractivity contribution is -0.127. The van der Waals surface area contributed by atoms with Crippen molar-refractivity contribution in [3.8, 4) is 5.75 Å². The molecule has 0 saturated carbocycles. The van der Waals surface area contributed by atoms with E-state index < -0.39 is 5.72 Å². The van der Waals surface area contributed by atoms with Crippen molar-refractivity contribution < 1.29 is 9.53 Å². The predicted molar refractivity (Wildman–Crippen MR) is 82.4 cm³/mol. The van der Waals surface area contributed by atoms with E-state index in [1.54, 1.807) is 0 Å². The molecule has 2 aliphatic heterocycles. The number of carbonyl (C=O) groups is 1. The van der Waals surface area contributed by atoms with Gasteiger partial charge in [-0.15, -0.1) is 0 Å². The van der Waals surface area contributed by atoms with Gasteiger partial charge in [-0.25, -0.2) is 4.99 Å². The number of hydrogen-bond donors (Lipinski definition) is 0. The smallest absolute Gasteiger partial charge is 0.231 e. The van der Waals surface area contributed by atoms with E-state index in [9.17, 15) is 4.79 Å². The Labute approximate surface area is 125 Å². The summed E-state index contributed by atoms with van der Waals surface area (Å²) in [6.45, 7) is 6.89. The third kappa shape index (κ3) is 2.23. The fraction of sp³-hybridized carbons (Fsp3) is 0.529. The Morgan fingerprint density at radius 2 is 2.05 bits per heavy atom. The minimum Gasteiger partial charge on any atom is -0.465 e. The number of ether oxygens (including phenoxy) is 1. The van der Waals surface area contributed by atoms with Gasteiger partial charge in [0.1, 0.15) is 11.6 Å². The molecule has 1 saturated heterocycles. The van der Waals surface area contributed by atoms with Crippen LogP contribution in [-0.2, 0) is 4.79 Å². The van der Waals surface area contributed by atoms with Gasteiger partial charge >= 0.3 is 0 Å². The van der Waals surface area contributed by atoms with Gasteiger partial charge in [0.25, 0.3) is 0 Å². The first kappa shape index (κ1) is 14.1. The van der Waals surface area contributed by atoms with Crippen LogP contribution in [0.3, 0.4) is 0 Å². The molecule has 0 N–H and O–H groups in total. The van der Waals surface area contributed by atoms with E-state index in [1.807, 2.05) is 36.1 Å². The molecule has 2 heterocycles. The fourth-order valence-corrected chi connectivity index (χ4v) is 3.01. The molecule has 0 aliphatic carbocycles. The summed E-state index contributed by atoms with van der Waals surface area (Å²) < 4.78 is 6.14. The second-order valence-electron chi connectivity index (χ2n) is 5.87. The van der Waals surface area contributed by atoms with Crippen LogP contribution in [0.4, 0.5) is 0 Å². The topological polar surface area (TPSA) is 41.9 Å². The summed E-state index contributed by atoms with van der Waals surface area (Å²) in [5, 5.41) is 0. The highest BCUT2D eigenvalue weighted by molar-refractivity contribution is 6.11. The highest BCUT2D eigenvalue weighted by atomic mass is 16.5. The first-order chi connectivity index (χ1) is 10.1. The molecule has 0 spiro atoms. The van der Waals surface area contributed by atoms with Crippen LogP contribution in [0.15, 0.2) is 29.3 Å². The van der Waals surface area contributed by atoms with Gasteiger partial charge in [0, 0.05) is 25.3 Å². The van der Waals surface area contributed by atoms with Crippen LogP contribution in [-0.4, -0.2) is 28.9 Å². The van der Waals surface area contributed by atoms with Crippen molar-refractivity contribution in [2.24, 2.45) is 10.9 Å². The molecule has 1 fully saturated rings. The summed E-state index contributed by atoms with van der Waals surface area (Å²) in [6.07, 6.45) is 2.48. The Morgan fingerprint density at radius 3 is 2.67 bits per heavy atom. The second kappa shape index (κ2) is 5.17. The molecular formula is C17H22N2O2. The van der Waals surface area contributed by atoms with Gasteiger partial charge in [-0.2, -0.15) is 0 Å². The van der Waals surface area contributed by atoms with Gasteiger partial charge in [0.05, 0.1) is 5.56 Å².